The van der Waals surface area contributed by atoms with E-state index >= 15 is 0 Å². The first kappa shape index (κ1) is 24.7. The summed E-state index contributed by atoms with van der Waals surface area (Å²) < 4.78 is 24.3. The van der Waals surface area contributed by atoms with Crippen molar-refractivity contribution in [3.05, 3.63) is 118 Å². The van der Waals surface area contributed by atoms with Crippen LogP contribution in [0, 0.1) is 0 Å². The fourth-order valence-electron chi connectivity index (χ4n) is 4.45. The molecule has 0 saturated carbocycles. The number of furan rings is 1. The van der Waals surface area contributed by atoms with Crippen LogP contribution in [0.3, 0.4) is 0 Å². The minimum Gasteiger partial charge on any atom is -0.494 e. The average Bonchev–Trinajstić information content (AvgIpc) is 3.47. The molecule has 4 aromatic carbocycles. The normalized spacial score (nSPS) is 13.4. The summed E-state index contributed by atoms with van der Waals surface area (Å²) in [5.74, 6) is 0.925. The topological polar surface area (TPSA) is 75.0 Å². The lowest BCUT2D eigenvalue weighted by molar-refractivity contribution is 0.0736. The van der Waals surface area contributed by atoms with E-state index in [1.807, 2.05) is 61.5 Å². The van der Waals surface area contributed by atoms with Crippen LogP contribution in [0.25, 0.3) is 28.4 Å². The van der Waals surface area contributed by atoms with Gasteiger partial charge in [0.15, 0.2) is 5.76 Å². The van der Waals surface area contributed by atoms with Gasteiger partial charge in [0, 0.05) is 21.5 Å². The Morgan fingerprint density at radius 2 is 1.69 bits per heavy atom. The van der Waals surface area contributed by atoms with E-state index in [1.165, 1.54) is 0 Å². The van der Waals surface area contributed by atoms with Gasteiger partial charge in [0.25, 0.3) is 0 Å². The third-order valence-electron chi connectivity index (χ3n) is 6.25. The van der Waals surface area contributed by atoms with Gasteiger partial charge in [-0.2, -0.15) is 0 Å². The first-order valence-electron chi connectivity index (χ1n) is 12.3. The van der Waals surface area contributed by atoms with Gasteiger partial charge >= 0.3 is 5.97 Å². The van der Waals surface area contributed by atoms with E-state index in [4.69, 9.17) is 18.6 Å². The highest BCUT2D eigenvalue weighted by atomic mass is 79.9. The van der Waals surface area contributed by atoms with Gasteiger partial charge in [-0.05, 0) is 55.0 Å². The van der Waals surface area contributed by atoms with Gasteiger partial charge in [0.05, 0.1) is 12.2 Å². The lowest BCUT2D eigenvalue weighted by atomic mass is 10.1. The van der Waals surface area contributed by atoms with E-state index in [2.05, 4.69) is 15.9 Å². The highest BCUT2D eigenvalue weighted by Crippen LogP contribution is 2.38. The number of carbonyl (C=O) groups excluding carboxylic acids is 2. The molecule has 192 valence electrons. The summed E-state index contributed by atoms with van der Waals surface area (Å²) in [5, 5.41) is 0.580. The highest BCUT2D eigenvalue weighted by molar-refractivity contribution is 9.10. The van der Waals surface area contributed by atoms with Crippen LogP contribution < -0.4 is 14.2 Å². The molecule has 39 heavy (non-hydrogen) atoms. The predicted molar refractivity (Wildman–Crippen MR) is 151 cm³/mol. The summed E-state index contributed by atoms with van der Waals surface area (Å²) in [7, 11) is 0. The SMILES string of the molecule is CCOc1ccc2oc(-c3ccccc3)c(C(=O)Oc3ccc4c(c3)OC(=Cc3ccccc3Br)C4=O)c2c1. The van der Waals surface area contributed by atoms with Crippen molar-refractivity contribution in [2.24, 2.45) is 0 Å². The smallest absolute Gasteiger partial charge is 0.348 e. The number of Topliss-reactive ketones (excluding diaryl/α,β-unsaturated/α-hetero) is 1. The maximum atomic E-state index is 13.6. The summed E-state index contributed by atoms with van der Waals surface area (Å²) >= 11 is 3.48. The molecule has 0 amide bonds. The highest BCUT2D eigenvalue weighted by Gasteiger charge is 2.29. The van der Waals surface area contributed by atoms with Crippen molar-refractivity contribution in [3.63, 3.8) is 0 Å². The van der Waals surface area contributed by atoms with Crippen molar-refractivity contribution in [2.45, 2.75) is 6.92 Å². The number of hydrogen-bond acceptors (Lipinski definition) is 6. The first-order valence-corrected chi connectivity index (χ1v) is 13.1. The minimum absolute atomic E-state index is 0.191. The van der Waals surface area contributed by atoms with E-state index < -0.39 is 5.97 Å². The molecular formula is C32H21BrO6. The number of ether oxygens (including phenoxy) is 3. The van der Waals surface area contributed by atoms with Crippen LogP contribution in [0.5, 0.6) is 17.2 Å². The Morgan fingerprint density at radius 3 is 2.49 bits per heavy atom. The van der Waals surface area contributed by atoms with Crippen LogP contribution in [-0.4, -0.2) is 18.4 Å². The van der Waals surface area contributed by atoms with E-state index in [0.29, 0.717) is 40.4 Å². The summed E-state index contributed by atoms with van der Waals surface area (Å²) in [6, 6.07) is 27.0. The Morgan fingerprint density at radius 1 is 0.923 bits per heavy atom. The Bertz CT molecular complexity index is 1770. The Balaban J connectivity index is 1.34. The lowest BCUT2D eigenvalue weighted by Gasteiger charge is -2.07. The van der Waals surface area contributed by atoms with Gasteiger partial charge in [0.2, 0.25) is 5.78 Å². The van der Waals surface area contributed by atoms with Gasteiger partial charge in [-0.15, -0.1) is 0 Å². The number of rotatable bonds is 6. The van der Waals surface area contributed by atoms with E-state index in [-0.39, 0.29) is 22.9 Å². The molecule has 0 N–H and O–H groups in total. The maximum Gasteiger partial charge on any atom is 0.348 e. The zero-order valence-corrected chi connectivity index (χ0v) is 22.4. The van der Waals surface area contributed by atoms with Crippen molar-refractivity contribution in [2.75, 3.05) is 6.61 Å². The molecule has 2 heterocycles. The lowest BCUT2D eigenvalue weighted by Crippen LogP contribution is -2.09. The first-order chi connectivity index (χ1) is 19.0. The molecule has 6 nitrogen and oxygen atoms in total. The van der Waals surface area contributed by atoms with E-state index in [0.717, 1.165) is 15.6 Å². The standard InChI is InChI=1S/C32H21BrO6/c1-2-36-21-13-15-26-24(17-21)29(31(39-26)19-8-4-3-5-9-19)32(35)37-22-12-14-23-27(18-22)38-28(30(23)34)16-20-10-6-7-11-25(20)33/h3-18H,2H2,1H3. The molecule has 0 saturated heterocycles. The molecule has 0 atom stereocenters. The fourth-order valence-corrected chi connectivity index (χ4v) is 4.85. The molecule has 7 heteroatoms. The van der Waals surface area contributed by atoms with E-state index in [1.54, 1.807) is 42.5 Å². The summed E-state index contributed by atoms with van der Waals surface area (Å²) in [4.78, 5) is 26.5. The Kier molecular flexibility index (Phi) is 6.50. The second kappa shape index (κ2) is 10.3. The number of carbonyl (C=O) groups is 2. The van der Waals surface area contributed by atoms with Crippen LogP contribution in [0.15, 0.2) is 106 Å². The molecular weight excluding hydrogens is 560 g/mol. The Hall–Kier alpha value is -4.62. The molecule has 1 aliphatic heterocycles. The molecule has 5 aromatic rings. The average molecular weight is 581 g/mol. The van der Waals surface area contributed by atoms with Crippen LogP contribution in [0.2, 0.25) is 0 Å². The van der Waals surface area contributed by atoms with Gasteiger partial charge in [-0.1, -0.05) is 64.5 Å². The molecule has 0 spiro atoms. The summed E-state index contributed by atoms with van der Waals surface area (Å²) in [5.41, 5.74) is 2.77. The van der Waals surface area contributed by atoms with Crippen molar-refractivity contribution in [3.8, 4) is 28.6 Å². The maximum absolute atomic E-state index is 13.6. The third-order valence-corrected chi connectivity index (χ3v) is 6.98. The fraction of sp³-hybridized carbons (Fsp3) is 0.0625. The minimum atomic E-state index is -0.602. The quantitative estimate of drug-likeness (QED) is 0.115. The second-order valence-corrected chi connectivity index (χ2v) is 9.63. The van der Waals surface area contributed by atoms with E-state index in [9.17, 15) is 9.59 Å². The van der Waals surface area contributed by atoms with Crippen LogP contribution >= 0.6 is 15.9 Å². The van der Waals surface area contributed by atoms with Crippen molar-refractivity contribution >= 4 is 44.7 Å². The molecule has 0 unspecified atom stereocenters. The van der Waals surface area contributed by atoms with Crippen molar-refractivity contribution in [1.29, 1.82) is 0 Å². The summed E-state index contributed by atoms with van der Waals surface area (Å²) in [6.07, 6.45) is 1.68. The zero-order valence-electron chi connectivity index (χ0n) is 20.8. The van der Waals surface area contributed by atoms with Gasteiger partial charge in [-0.3, -0.25) is 4.79 Å². The largest absolute Gasteiger partial charge is 0.494 e. The molecule has 0 bridgehead atoms. The summed E-state index contributed by atoms with van der Waals surface area (Å²) in [6.45, 7) is 2.38. The van der Waals surface area contributed by atoms with Crippen LogP contribution in [0.1, 0.15) is 33.2 Å². The predicted octanol–water partition coefficient (Wildman–Crippen LogP) is 8.10. The number of ketones is 1. The molecule has 1 aliphatic rings. The number of hydrogen-bond donors (Lipinski definition) is 0. The van der Waals surface area contributed by atoms with Gasteiger partial charge in [-0.25, -0.2) is 4.79 Å². The second-order valence-electron chi connectivity index (χ2n) is 8.77. The van der Waals surface area contributed by atoms with Gasteiger partial charge < -0.3 is 18.6 Å². The Labute approximate surface area is 232 Å². The van der Waals surface area contributed by atoms with Gasteiger partial charge in [0.1, 0.15) is 34.2 Å². The number of halogens is 1. The molecule has 6 rings (SSSR count). The third kappa shape index (κ3) is 4.73. The number of fused-ring (bicyclic) bond motifs is 2. The molecule has 0 aliphatic carbocycles. The van der Waals surface area contributed by atoms with Crippen LogP contribution in [0.4, 0.5) is 0 Å². The zero-order chi connectivity index (χ0) is 26.9. The molecule has 0 radical (unpaired) electrons. The van der Waals surface area contributed by atoms with Crippen LogP contribution in [-0.2, 0) is 0 Å². The number of benzene rings is 4. The molecule has 0 fully saturated rings. The monoisotopic (exact) mass is 580 g/mol. The van der Waals surface area contributed by atoms with Crippen molar-refractivity contribution in [1.82, 2.24) is 0 Å². The number of esters is 1. The van der Waals surface area contributed by atoms with Crippen molar-refractivity contribution < 1.29 is 28.2 Å². The number of allylic oxidation sites excluding steroid dienone is 1. The molecule has 1 aromatic heterocycles.